The molecule has 0 fully saturated rings. The van der Waals surface area contributed by atoms with Gasteiger partial charge in [0.15, 0.2) is 29.1 Å². The fraction of sp³-hybridized carbons (Fsp3) is 0.0938. The zero-order chi connectivity index (χ0) is 35.2. The van der Waals surface area contributed by atoms with E-state index >= 15 is 0 Å². The number of halogens is 6. The van der Waals surface area contributed by atoms with Gasteiger partial charge in [0.25, 0.3) is 0 Å². The predicted octanol–water partition coefficient (Wildman–Crippen LogP) is 4.43. The third-order valence-electron chi connectivity index (χ3n) is 7.03. The predicted molar refractivity (Wildman–Crippen MR) is 153 cm³/mol. The first kappa shape index (κ1) is 31.9. The lowest BCUT2D eigenvalue weighted by Crippen LogP contribution is -2.31. The zero-order valence-electron chi connectivity index (χ0n) is 24.3. The number of nitriles is 3. The van der Waals surface area contributed by atoms with E-state index in [4.69, 9.17) is 6.57 Å². The van der Waals surface area contributed by atoms with E-state index in [-0.39, 0.29) is 55.8 Å². The molecule has 2 aliphatic rings. The van der Waals surface area contributed by atoms with Crippen LogP contribution in [0.3, 0.4) is 0 Å². The van der Waals surface area contributed by atoms with Crippen molar-refractivity contribution in [1.82, 2.24) is 15.0 Å². The summed E-state index contributed by atoms with van der Waals surface area (Å²) in [4.78, 5) is 32.4. The highest BCUT2D eigenvalue weighted by Gasteiger charge is 2.34. The Labute approximate surface area is 269 Å². The van der Waals surface area contributed by atoms with Crippen molar-refractivity contribution in [2.75, 3.05) is 0 Å². The summed E-state index contributed by atoms with van der Waals surface area (Å²) in [5.74, 6) is -1.72. The standard InChI is InChI=1S/C32H11F6N11/c1-14-9-20(32(36,37)38)25-22(10-14)44-28(46-25)19(12-40)29-48-26(15-3-5-16(6-4-15)31(33,34)35)47-27(49-29)17-7-8-21-24(18(17)11-39)45-30(43-21)23(13-41)42-2/h3-10H,1H3/b28-19+,30-23+. The van der Waals surface area contributed by atoms with Crippen molar-refractivity contribution in [2.24, 2.45) is 20.0 Å². The second-order valence-corrected chi connectivity index (χ2v) is 10.2. The summed E-state index contributed by atoms with van der Waals surface area (Å²) in [6, 6.07) is 14.1. The van der Waals surface area contributed by atoms with Crippen molar-refractivity contribution in [3.63, 3.8) is 0 Å². The van der Waals surface area contributed by atoms with E-state index in [9.17, 15) is 42.1 Å². The van der Waals surface area contributed by atoms with Gasteiger partial charge in [-0.3, -0.25) is 0 Å². The van der Waals surface area contributed by atoms with Gasteiger partial charge >= 0.3 is 18.0 Å². The third kappa shape index (κ3) is 5.73. The minimum atomic E-state index is -4.80. The average molecular weight is 664 g/mol. The summed E-state index contributed by atoms with van der Waals surface area (Å²) >= 11 is 0. The number of fused-ring (bicyclic) bond motifs is 2. The molecule has 0 spiro atoms. The first-order valence-corrected chi connectivity index (χ1v) is 13.5. The largest absolute Gasteiger partial charge is 0.418 e. The van der Waals surface area contributed by atoms with E-state index in [1.165, 1.54) is 25.1 Å². The lowest BCUT2D eigenvalue weighted by molar-refractivity contribution is -0.139. The van der Waals surface area contributed by atoms with Crippen LogP contribution in [0.1, 0.15) is 28.1 Å². The lowest BCUT2D eigenvalue weighted by atomic mass is 10.1. The molecule has 1 aromatic heterocycles. The van der Waals surface area contributed by atoms with Crippen molar-refractivity contribution in [3.8, 4) is 41.0 Å². The smallest absolute Gasteiger partial charge is 0.238 e. The number of benzene rings is 3. The Morgan fingerprint density at radius 3 is 2.02 bits per heavy atom. The number of allylic oxidation sites excluding steroid dienone is 2. The van der Waals surface area contributed by atoms with Gasteiger partial charge in [0, 0.05) is 11.1 Å². The van der Waals surface area contributed by atoms with Crippen molar-refractivity contribution in [1.29, 1.82) is 15.8 Å². The Hall–Kier alpha value is -7.11. The Morgan fingerprint density at radius 1 is 0.735 bits per heavy atom. The fourth-order valence-electron chi connectivity index (χ4n) is 4.84. The summed E-state index contributed by atoms with van der Waals surface area (Å²) in [6.07, 6.45) is -9.46. The SMILES string of the molecule is [C-]#[N+]/C(C#N)=C1\N=c2ccc(-c3nc(/C(C#N)=C4\N=c5cc(C)cc(C(F)(F)F)c5=N4)nc(-c4ccc(C(F)(F)F)cc4)n3)c(C#N)c2=N1. The van der Waals surface area contributed by atoms with Gasteiger partial charge in [-0.1, -0.05) is 12.1 Å². The summed E-state index contributed by atoms with van der Waals surface area (Å²) in [6.45, 7) is 8.60. The second kappa shape index (κ2) is 11.6. The molecule has 2 aliphatic heterocycles. The molecule has 0 saturated heterocycles. The molecule has 3 aromatic carbocycles. The highest BCUT2D eigenvalue weighted by molar-refractivity contribution is 5.78. The summed E-state index contributed by atoms with van der Waals surface area (Å²) < 4.78 is 81.4. The van der Waals surface area contributed by atoms with Crippen LogP contribution in [0.15, 0.2) is 85.8 Å². The Balaban J connectivity index is 1.63. The van der Waals surface area contributed by atoms with Gasteiger partial charge in [0.1, 0.15) is 28.4 Å². The van der Waals surface area contributed by atoms with Crippen LogP contribution >= 0.6 is 0 Å². The van der Waals surface area contributed by atoms with Crippen LogP contribution in [0.4, 0.5) is 26.3 Å². The molecule has 6 rings (SSSR count). The fourth-order valence-corrected chi connectivity index (χ4v) is 4.84. The molecular weight excluding hydrogens is 652 g/mol. The van der Waals surface area contributed by atoms with Crippen LogP contribution in [-0.2, 0) is 12.4 Å². The van der Waals surface area contributed by atoms with Crippen LogP contribution in [0, 0.1) is 47.5 Å². The maximum absolute atomic E-state index is 13.9. The van der Waals surface area contributed by atoms with Crippen LogP contribution in [0.5, 0.6) is 0 Å². The molecule has 236 valence electrons. The molecule has 0 N–H and O–H groups in total. The average Bonchev–Trinajstić information content (AvgIpc) is 3.68. The monoisotopic (exact) mass is 663 g/mol. The van der Waals surface area contributed by atoms with Crippen LogP contribution in [0.2, 0.25) is 0 Å². The third-order valence-corrected chi connectivity index (χ3v) is 7.03. The maximum Gasteiger partial charge on any atom is 0.418 e. The van der Waals surface area contributed by atoms with Gasteiger partial charge in [-0.15, -0.1) is 0 Å². The Morgan fingerprint density at radius 2 is 1.41 bits per heavy atom. The number of rotatable bonds is 3. The number of aromatic nitrogens is 3. The molecule has 0 bridgehead atoms. The van der Waals surface area contributed by atoms with E-state index < -0.39 is 51.8 Å². The number of nitrogens with zero attached hydrogens (tertiary/aromatic N) is 11. The van der Waals surface area contributed by atoms with Gasteiger partial charge in [0.05, 0.1) is 40.0 Å². The molecule has 4 aromatic rings. The Kier molecular flexibility index (Phi) is 7.54. The van der Waals surface area contributed by atoms with E-state index in [1.54, 1.807) is 12.1 Å². The second-order valence-electron chi connectivity index (χ2n) is 10.2. The van der Waals surface area contributed by atoms with Gasteiger partial charge in [-0.2, -0.15) is 36.9 Å². The van der Waals surface area contributed by atoms with Crippen LogP contribution < -0.4 is 21.4 Å². The molecule has 0 atom stereocenters. The van der Waals surface area contributed by atoms with Gasteiger partial charge in [-0.05, 0) is 48.9 Å². The van der Waals surface area contributed by atoms with Crippen LogP contribution in [0.25, 0.3) is 33.2 Å². The highest BCUT2D eigenvalue weighted by Crippen LogP contribution is 2.32. The highest BCUT2D eigenvalue weighted by atomic mass is 19.4. The summed E-state index contributed by atoms with van der Waals surface area (Å²) in [5, 5.41) is 29.0. The van der Waals surface area contributed by atoms with Crippen molar-refractivity contribution >= 4 is 5.57 Å². The lowest BCUT2D eigenvalue weighted by Gasteiger charge is -2.10. The number of hydrogen-bond acceptors (Lipinski definition) is 10. The van der Waals surface area contributed by atoms with Gasteiger partial charge in [-0.25, -0.2) is 45.0 Å². The first-order chi connectivity index (χ1) is 23.2. The maximum atomic E-state index is 13.9. The van der Waals surface area contributed by atoms with Crippen LogP contribution in [-0.4, -0.2) is 15.0 Å². The number of hydrogen-bond donors (Lipinski definition) is 0. The molecule has 3 heterocycles. The summed E-state index contributed by atoms with van der Waals surface area (Å²) in [7, 11) is 0. The van der Waals surface area contributed by atoms with E-state index in [2.05, 4.69) is 39.8 Å². The zero-order valence-corrected chi connectivity index (χ0v) is 24.3. The molecule has 17 heteroatoms. The Bertz CT molecular complexity index is 2610. The molecule has 0 radical (unpaired) electrons. The molecule has 0 unspecified atom stereocenters. The molecule has 49 heavy (non-hydrogen) atoms. The quantitative estimate of drug-likeness (QED) is 0.179. The number of aryl methyl sites for hydroxylation is 1. The topological polar surface area (TPSA) is 164 Å². The van der Waals surface area contributed by atoms with Crippen molar-refractivity contribution in [3.05, 3.63) is 127 Å². The van der Waals surface area contributed by atoms with Gasteiger partial charge in [0.2, 0.25) is 0 Å². The van der Waals surface area contributed by atoms with Gasteiger partial charge < -0.3 is 0 Å². The molecule has 0 saturated carbocycles. The summed E-state index contributed by atoms with van der Waals surface area (Å²) in [5.41, 5.74) is -2.93. The van der Waals surface area contributed by atoms with E-state index in [0.29, 0.717) is 0 Å². The van der Waals surface area contributed by atoms with Crippen molar-refractivity contribution in [2.45, 2.75) is 19.3 Å². The number of alkyl halides is 6. The first-order valence-electron chi connectivity index (χ1n) is 13.5. The van der Waals surface area contributed by atoms with E-state index in [0.717, 1.165) is 30.3 Å². The van der Waals surface area contributed by atoms with Crippen molar-refractivity contribution < 1.29 is 26.3 Å². The minimum Gasteiger partial charge on any atom is -0.238 e. The van der Waals surface area contributed by atoms with E-state index in [1.807, 2.05) is 6.07 Å². The normalized spacial score (nSPS) is 15.1. The molecular formula is C32H11F6N11. The molecule has 0 aliphatic carbocycles. The molecule has 0 amide bonds. The minimum absolute atomic E-state index is 0.0135. The molecule has 11 nitrogen and oxygen atoms in total.